The molecule has 4 amide bonds. The molecule has 2 fully saturated rings. The lowest BCUT2D eigenvalue weighted by atomic mass is 9.99. The van der Waals surface area contributed by atoms with E-state index in [2.05, 4.69) is 12.2 Å². The number of rotatable bonds is 3. The van der Waals surface area contributed by atoms with Crippen molar-refractivity contribution in [2.24, 2.45) is 5.92 Å². The molecule has 7 heteroatoms. The minimum atomic E-state index is -1.07. The van der Waals surface area contributed by atoms with Crippen LogP contribution in [-0.4, -0.2) is 47.3 Å². The molecule has 1 aromatic heterocycles. The number of piperidine rings is 1. The van der Waals surface area contributed by atoms with E-state index in [1.54, 1.807) is 11.8 Å². The summed E-state index contributed by atoms with van der Waals surface area (Å²) in [5.41, 5.74) is -1.07. The summed E-state index contributed by atoms with van der Waals surface area (Å²) in [6, 6.07) is 3.16. The molecule has 3 rings (SSSR count). The first-order valence-corrected chi connectivity index (χ1v) is 8.75. The van der Waals surface area contributed by atoms with E-state index >= 15 is 0 Å². The van der Waals surface area contributed by atoms with Gasteiger partial charge in [0.15, 0.2) is 5.54 Å². The van der Waals surface area contributed by atoms with Gasteiger partial charge in [-0.1, -0.05) is 13.0 Å². The maximum Gasteiger partial charge on any atom is 0.325 e. The molecule has 124 valence electrons. The Kier molecular flexibility index (Phi) is 4.14. The zero-order valence-corrected chi connectivity index (χ0v) is 14.2. The number of likely N-dealkylation sites (tertiary alicyclic amines) is 1. The number of hydrogen-bond donors (Lipinski definition) is 1. The van der Waals surface area contributed by atoms with E-state index in [4.69, 9.17) is 0 Å². The molecule has 0 radical (unpaired) electrons. The van der Waals surface area contributed by atoms with Gasteiger partial charge in [0.05, 0.1) is 0 Å². The van der Waals surface area contributed by atoms with Crippen molar-refractivity contribution in [3.63, 3.8) is 0 Å². The lowest BCUT2D eigenvalue weighted by Crippen LogP contribution is -2.46. The molecule has 0 saturated carbocycles. The highest BCUT2D eigenvalue weighted by Crippen LogP contribution is 2.31. The van der Waals surface area contributed by atoms with Gasteiger partial charge in [0.25, 0.3) is 5.91 Å². The number of thiophene rings is 1. The maximum absolute atomic E-state index is 12.7. The van der Waals surface area contributed by atoms with Crippen molar-refractivity contribution < 1.29 is 14.4 Å². The first-order chi connectivity index (χ1) is 10.9. The van der Waals surface area contributed by atoms with Crippen LogP contribution >= 0.6 is 11.3 Å². The van der Waals surface area contributed by atoms with Crippen molar-refractivity contribution in [2.75, 3.05) is 19.6 Å². The van der Waals surface area contributed by atoms with E-state index in [1.807, 2.05) is 17.5 Å². The molecule has 23 heavy (non-hydrogen) atoms. The van der Waals surface area contributed by atoms with Gasteiger partial charge in [0, 0.05) is 18.0 Å². The summed E-state index contributed by atoms with van der Waals surface area (Å²) in [5, 5.41) is 4.59. The monoisotopic (exact) mass is 335 g/mol. The van der Waals surface area contributed by atoms with Crippen LogP contribution in [0.25, 0.3) is 0 Å². The summed E-state index contributed by atoms with van der Waals surface area (Å²) < 4.78 is 0. The van der Waals surface area contributed by atoms with Crippen LogP contribution in [0.4, 0.5) is 4.79 Å². The summed E-state index contributed by atoms with van der Waals surface area (Å²) in [5.74, 6) is 0.109. The van der Waals surface area contributed by atoms with Gasteiger partial charge in [0.2, 0.25) is 5.91 Å². The Morgan fingerprint density at radius 3 is 2.70 bits per heavy atom. The van der Waals surface area contributed by atoms with Crippen LogP contribution in [0, 0.1) is 5.92 Å². The summed E-state index contributed by atoms with van der Waals surface area (Å²) in [7, 11) is 0. The van der Waals surface area contributed by atoms with E-state index in [-0.39, 0.29) is 18.4 Å². The van der Waals surface area contributed by atoms with Crippen LogP contribution in [0.15, 0.2) is 17.5 Å². The van der Waals surface area contributed by atoms with Crippen LogP contribution in [0.2, 0.25) is 0 Å². The molecule has 3 heterocycles. The fourth-order valence-electron chi connectivity index (χ4n) is 3.06. The Morgan fingerprint density at radius 2 is 2.09 bits per heavy atom. The fraction of sp³-hybridized carbons (Fsp3) is 0.562. The molecule has 0 bridgehead atoms. The van der Waals surface area contributed by atoms with Crippen LogP contribution in [0.5, 0.6) is 0 Å². The van der Waals surface area contributed by atoms with Gasteiger partial charge >= 0.3 is 6.03 Å². The van der Waals surface area contributed by atoms with Gasteiger partial charge < -0.3 is 10.2 Å². The van der Waals surface area contributed by atoms with E-state index < -0.39 is 11.6 Å². The number of nitrogens with one attached hydrogen (secondary N) is 1. The highest BCUT2D eigenvalue weighted by Gasteiger charge is 2.50. The Balaban J connectivity index is 1.70. The van der Waals surface area contributed by atoms with Gasteiger partial charge in [-0.15, -0.1) is 11.3 Å². The quantitative estimate of drug-likeness (QED) is 0.856. The summed E-state index contributed by atoms with van der Waals surface area (Å²) in [4.78, 5) is 40.9. The van der Waals surface area contributed by atoms with Crippen molar-refractivity contribution in [1.29, 1.82) is 0 Å². The molecule has 2 aliphatic rings. The van der Waals surface area contributed by atoms with E-state index in [0.29, 0.717) is 19.0 Å². The van der Waals surface area contributed by atoms with E-state index in [9.17, 15) is 14.4 Å². The zero-order valence-electron chi connectivity index (χ0n) is 13.4. The molecule has 1 atom stereocenters. The summed E-state index contributed by atoms with van der Waals surface area (Å²) in [6.45, 7) is 5.08. The van der Waals surface area contributed by atoms with Crippen molar-refractivity contribution in [3.05, 3.63) is 22.4 Å². The number of hydrogen-bond acceptors (Lipinski definition) is 4. The van der Waals surface area contributed by atoms with E-state index in [0.717, 1.165) is 22.6 Å². The Labute approximate surface area is 139 Å². The number of nitrogens with zero attached hydrogens (tertiary/aromatic N) is 2. The number of carbonyl (C=O) groups excluding carboxylic acids is 3. The molecule has 1 aromatic rings. The lowest BCUT2D eigenvalue weighted by molar-refractivity contribution is -0.139. The van der Waals surface area contributed by atoms with Gasteiger partial charge in [-0.25, -0.2) is 4.79 Å². The van der Waals surface area contributed by atoms with E-state index in [1.165, 1.54) is 11.3 Å². The standard InChI is InChI=1S/C16H21N3O3S/c1-11-5-7-18(8-6-11)13(20)10-19-14(21)16(2,17-15(19)22)12-4-3-9-23-12/h3-4,9,11H,5-8,10H2,1-2H3,(H,17,22). The Hall–Kier alpha value is -1.89. The zero-order chi connectivity index (χ0) is 16.6. The third-order valence-corrected chi connectivity index (χ3v) is 5.81. The van der Waals surface area contributed by atoms with Gasteiger partial charge in [-0.2, -0.15) is 0 Å². The average molecular weight is 335 g/mol. The third-order valence-electron chi connectivity index (χ3n) is 4.72. The third kappa shape index (κ3) is 2.85. The number of urea groups is 1. The van der Waals surface area contributed by atoms with Gasteiger partial charge in [-0.05, 0) is 37.1 Å². The molecular weight excluding hydrogens is 314 g/mol. The lowest BCUT2D eigenvalue weighted by Gasteiger charge is -2.31. The number of amides is 4. The van der Waals surface area contributed by atoms with Crippen molar-refractivity contribution in [3.8, 4) is 0 Å². The number of imide groups is 1. The molecule has 1 N–H and O–H groups in total. The van der Waals surface area contributed by atoms with Crippen LogP contribution in [-0.2, 0) is 15.1 Å². The normalized spacial score (nSPS) is 25.8. The van der Waals surface area contributed by atoms with Gasteiger partial charge in [0.1, 0.15) is 6.54 Å². The molecule has 6 nitrogen and oxygen atoms in total. The highest BCUT2D eigenvalue weighted by atomic mass is 32.1. The minimum absolute atomic E-state index is 0.157. The molecule has 1 unspecified atom stereocenters. The topological polar surface area (TPSA) is 69.7 Å². The fourth-order valence-corrected chi connectivity index (χ4v) is 3.90. The summed E-state index contributed by atoms with van der Waals surface area (Å²) in [6.07, 6.45) is 1.94. The van der Waals surface area contributed by atoms with Crippen molar-refractivity contribution in [2.45, 2.75) is 32.2 Å². The Morgan fingerprint density at radius 1 is 1.39 bits per heavy atom. The molecule has 0 spiro atoms. The first-order valence-electron chi connectivity index (χ1n) is 7.87. The second-order valence-corrected chi connectivity index (χ2v) is 7.43. The molecule has 0 aromatic carbocycles. The number of carbonyl (C=O) groups is 3. The Bertz CT molecular complexity index is 623. The summed E-state index contributed by atoms with van der Waals surface area (Å²) >= 11 is 1.42. The van der Waals surface area contributed by atoms with Crippen LogP contribution in [0.3, 0.4) is 0 Å². The second-order valence-electron chi connectivity index (χ2n) is 6.49. The smallest absolute Gasteiger partial charge is 0.325 e. The SMILES string of the molecule is CC1CCN(C(=O)CN2C(=O)NC(C)(c3cccs3)C2=O)CC1. The minimum Gasteiger partial charge on any atom is -0.341 e. The van der Waals surface area contributed by atoms with Crippen molar-refractivity contribution >= 4 is 29.2 Å². The molecule has 2 saturated heterocycles. The second kappa shape index (κ2) is 5.96. The molecule has 0 aliphatic carbocycles. The van der Waals surface area contributed by atoms with Crippen LogP contribution < -0.4 is 5.32 Å². The van der Waals surface area contributed by atoms with Gasteiger partial charge in [-0.3, -0.25) is 14.5 Å². The largest absolute Gasteiger partial charge is 0.341 e. The average Bonchev–Trinajstić information content (AvgIpc) is 3.12. The predicted octanol–water partition coefficient (Wildman–Crippen LogP) is 1.77. The molecule has 2 aliphatic heterocycles. The molecular formula is C16H21N3O3S. The van der Waals surface area contributed by atoms with Crippen LogP contribution in [0.1, 0.15) is 31.6 Å². The van der Waals surface area contributed by atoms with Crippen molar-refractivity contribution in [1.82, 2.24) is 15.1 Å². The highest BCUT2D eigenvalue weighted by molar-refractivity contribution is 7.10. The first kappa shape index (κ1) is 16.0. The maximum atomic E-state index is 12.7. The predicted molar refractivity (Wildman–Crippen MR) is 86.9 cm³/mol.